The Morgan fingerprint density at radius 1 is 0.850 bits per heavy atom. The molecule has 2 aromatic rings. The van der Waals surface area contributed by atoms with E-state index >= 15 is 0 Å². The van der Waals surface area contributed by atoms with Crippen molar-refractivity contribution in [2.45, 2.75) is 13.1 Å². The van der Waals surface area contributed by atoms with Crippen molar-refractivity contribution >= 4 is 0 Å². The van der Waals surface area contributed by atoms with Crippen molar-refractivity contribution in [2.24, 2.45) is 0 Å². The van der Waals surface area contributed by atoms with Crippen molar-refractivity contribution in [1.82, 2.24) is 4.90 Å². The summed E-state index contributed by atoms with van der Waals surface area (Å²) in [4.78, 5) is 2.29. The maximum Gasteiger partial charge on any atom is 0.161 e. The van der Waals surface area contributed by atoms with E-state index in [1.54, 1.807) is 0 Å². The SMILES string of the molecule is CN(Cc1ccccc1)Cc1ccc2c(c1)OCCO2. The van der Waals surface area contributed by atoms with Crippen molar-refractivity contribution in [3.05, 3.63) is 59.7 Å². The van der Waals surface area contributed by atoms with Crippen molar-refractivity contribution in [2.75, 3.05) is 20.3 Å². The Kier molecular flexibility index (Phi) is 3.88. The molecule has 1 heterocycles. The van der Waals surface area contributed by atoms with Gasteiger partial charge in [-0.25, -0.2) is 0 Å². The predicted octanol–water partition coefficient (Wildman–Crippen LogP) is 3.09. The van der Waals surface area contributed by atoms with Gasteiger partial charge in [0.05, 0.1) is 0 Å². The molecule has 2 aromatic carbocycles. The molecule has 0 saturated carbocycles. The van der Waals surface area contributed by atoms with Crippen molar-refractivity contribution in [3.8, 4) is 11.5 Å². The summed E-state index contributed by atoms with van der Waals surface area (Å²) in [6.45, 7) is 3.11. The molecule has 0 bridgehead atoms. The predicted molar refractivity (Wildman–Crippen MR) is 79.0 cm³/mol. The number of ether oxygens (including phenoxy) is 2. The minimum atomic E-state index is 0.635. The lowest BCUT2D eigenvalue weighted by atomic mass is 10.1. The smallest absolute Gasteiger partial charge is 0.161 e. The van der Waals surface area contributed by atoms with Crippen LogP contribution in [0.25, 0.3) is 0 Å². The van der Waals surface area contributed by atoms with Gasteiger partial charge in [-0.05, 0) is 30.3 Å². The van der Waals surface area contributed by atoms with E-state index in [-0.39, 0.29) is 0 Å². The van der Waals surface area contributed by atoms with Crippen LogP contribution in [0, 0.1) is 0 Å². The van der Waals surface area contributed by atoms with Gasteiger partial charge in [0, 0.05) is 13.1 Å². The Hall–Kier alpha value is -2.00. The molecule has 0 atom stereocenters. The molecule has 3 rings (SSSR count). The third-order valence-corrected chi connectivity index (χ3v) is 3.35. The standard InChI is InChI=1S/C17H19NO2/c1-18(12-14-5-3-2-4-6-14)13-15-7-8-16-17(11-15)20-10-9-19-16/h2-8,11H,9-10,12-13H2,1H3. The van der Waals surface area contributed by atoms with Crippen LogP contribution in [-0.4, -0.2) is 25.2 Å². The van der Waals surface area contributed by atoms with Crippen LogP contribution in [0.15, 0.2) is 48.5 Å². The lowest BCUT2D eigenvalue weighted by Gasteiger charge is -2.21. The average molecular weight is 269 g/mol. The summed E-state index contributed by atoms with van der Waals surface area (Å²) in [6.07, 6.45) is 0. The summed E-state index contributed by atoms with van der Waals surface area (Å²) in [7, 11) is 2.13. The maximum absolute atomic E-state index is 5.62. The van der Waals surface area contributed by atoms with Gasteiger partial charge in [-0.15, -0.1) is 0 Å². The van der Waals surface area contributed by atoms with Crippen LogP contribution in [-0.2, 0) is 13.1 Å². The fourth-order valence-electron chi connectivity index (χ4n) is 2.45. The molecule has 104 valence electrons. The molecule has 1 aliphatic heterocycles. The van der Waals surface area contributed by atoms with Gasteiger partial charge in [0.15, 0.2) is 11.5 Å². The molecular formula is C17H19NO2. The van der Waals surface area contributed by atoms with Gasteiger partial charge < -0.3 is 9.47 Å². The number of hydrogen-bond donors (Lipinski definition) is 0. The Balaban J connectivity index is 1.65. The first-order chi connectivity index (χ1) is 9.81. The molecule has 0 unspecified atom stereocenters. The largest absolute Gasteiger partial charge is 0.486 e. The third-order valence-electron chi connectivity index (χ3n) is 3.35. The summed E-state index contributed by atoms with van der Waals surface area (Å²) < 4.78 is 11.2. The minimum Gasteiger partial charge on any atom is -0.486 e. The molecular weight excluding hydrogens is 250 g/mol. The molecule has 0 fully saturated rings. The summed E-state index contributed by atoms with van der Waals surface area (Å²) in [6, 6.07) is 16.7. The number of benzene rings is 2. The third kappa shape index (κ3) is 3.11. The summed E-state index contributed by atoms with van der Waals surface area (Å²) >= 11 is 0. The van der Waals surface area contributed by atoms with E-state index in [2.05, 4.69) is 48.3 Å². The van der Waals surface area contributed by atoms with Gasteiger partial charge in [0.2, 0.25) is 0 Å². The van der Waals surface area contributed by atoms with Crippen LogP contribution in [0.3, 0.4) is 0 Å². The quantitative estimate of drug-likeness (QED) is 0.851. The zero-order chi connectivity index (χ0) is 13.8. The number of fused-ring (bicyclic) bond motifs is 1. The van der Waals surface area contributed by atoms with Crippen molar-refractivity contribution in [3.63, 3.8) is 0 Å². The first-order valence-electron chi connectivity index (χ1n) is 6.92. The molecule has 3 nitrogen and oxygen atoms in total. The van der Waals surface area contributed by atoms with Crippen molar-refractivity contribution < 1.29 is 9.47 Å². The van der Waals surface area contributed by atoms with Crippen LogP contribution in [0.1, 0.15) is 11.1 Å². The average Bonchev–Trinajstić information content (AvgIpc) is 2.48. The molecule has 0 aliphatic carbocycles. The fraction of sp³-hybridized carbons (Fsp3) is 0.294. The fourth-order valence-corrected chi connectivity index (χ4v) is 2.45. The Morgan fingerprint density at radius 2 is 1.55 bits per heavy atom. The van der Waals surface area contributed by atoms with E-state index in [4.69, 9.17) is 9.47 Å². The van der Waals surface area contributed by atoms with E-state index in [1.807, 2.05) is 12.1 Å². The van der Waals surface area contributed by atoms with Crippen LogP contribution >= 0.6 is 0 Å². The minimum absolute atomic E-state index is 0.635. The van der Waals surface area contributed by atoms with Crippen molar-refractivity contribution in [1.29, 1.82) is 0 Å². The molecule has 3 heteroatoms. The van der Waals surface area contributed by atoms with Crippen LogP contribution in [0.2, 0.25) is 0 Å². The van der Waals surface area contributed by atoms with E-state index in [1.165, 1.54) is 11.1 Å². The first kappa shape index (κ1) is 13.0. The second-order valence-electron chi connectivity index (χ2n) is 5.14. The number of nitrogens with zero attached hydrogens (tertiary/aromatic N) is 1. The Morgan fingerprint density at radius 3 is 2.35 bits per heavy atom. The highest BCUT2D eigenvalue weighted by Crippen LogP contribution is 2.31. The first-order valence-corrected chi connectivity index (χ1v) is 6.92. The zero-order valence-corrected chi connectivity index (χ0v) is 11.7. The Bertz CT molecular complexity index is 568. The van der Waals surface area contributed by atoms with Gasteiger partial charge in [-0.3, -0.25) is 4.90 Å². The zero-order valence-electron chi connectivity index (χ0n) is 11.7. The normalized spacial score (nSPS) is 13.5. The molecule has 0 N–H and O–H groups in total. The molecule has 20 heavy (non-hydrogen) atoms. The monoisotopic (exact) mass is 269 g/mol. The van der Waals surface area contributed by atoms with Gasteiger partial charge in [-0.1, -0.05) is 36.4 Å². The maximum atomic E-state index is 5.62. The number of hydrogen-bond acceptors (Lipinski definition) is 3. The van der Waals surface area contributed by atoms with Crippen LogP contribution in [0.4, 0.5) is 0 Å². The van der Waals surface area contributed by atoms with Crippen LogP contribution in [0.5, 0.6) is 11.5 Å². The summed E-state index contributed by atoms with van der Waals surface area (Å²) in [5.74, 6) is 1.72. The lowest BCUT2D eigenvalue weighted by Crippen LogP contribution is -2.18. The summed E-state index contributed by atoms with van der Waals surface area (Å²) in [5, 5.41) is 0. The second kappa shape index (κ2) is 5.97. The van der Waals surface area contributed by atoms with Gasteiger partial charge in [0.25, 0.3) is 0 Å². The van der Waals surface area contributed by atoms with Gasteiger partial charge in [-0.2, -0.15) is 0 Å². The lowest BCUT2D eigenvalue weighted by molar-refractivity contribution is 0.171. The highest BCUT2D eigenvalue weighted by Gasteiger charge is 2.12. The van der Waals surface area contributed by atoms with E-state index < -0.39 is 0 Å². The van der Waals surface area contributed by atoms with Gasteiger partial charge >= 0.3 is 0 Å². The molecule has 0 spiro atoms. The topological polar surface area (TPSA) is 21.7 Å². The van der Waals surface area contributed by atoms with Crippen LogP contribution < -0.4 is 9.47 Å². The Labute approximate surface area is 119 Å². The molecule has 1 aliphatic rings. The molecule has 0 aromatic heterocycles. The van der Waals surface area contributed by atoms with E-state index in [9.17, 15) is 0 Å². The highest BCUT2D eigenvalue weighted by atomic mass is 16.6. The van der Waals surface area contributed by atoms with E-state index in [0.29, 0.717) is 13.2 Å². The van der Waals surface area contributed by atoms with Gasteiger partial charge in [0.1, 0.15) is 13.2 Å². The second-order valence-corrected chi connectivity index (χ2v) is 5.14. The number of rotatable bonds is 4. The highest BCUT2D eigenvalue weighted by molar-refractivity contribution is 5.43. The molecule has 0 radical (unpaired) electrons. The summed E-state index contributed by atoms with van der Waals surface area (Å²) in [5.41, 5.74) is 2.57. The molecule has 0 saturated heterocycles. The van der Waals surface area contributed by atoms with E-state index in [0.717, 1.165) is 24.6 Å². The molecule has 0 amide bonds.